The zero-order valence-electron chi connectivity index (χ0n) is 22.3. The second kappa shape index (κ2) is 11.3. The van der Waals surface area contributed by atoms with Gasteiger partial charge in [0.25, 0.3) is 0 Å². The van der Waals surface area contributed by atoms with Gasteiger partial charge in [0.15, 0.2) is 23.4 Å². The fraction of sp³-hybridized carbons (Fsp3) is 0.321. The van der Waals surface area contributed by atoms with Crippen LogP contribution in [0, 0.1) is 6.92 Å². The Morgan fingerprint density at radius 2 is 2.12 bits per heavy atom. The number of aromatic nitrogens is 1. The first-order chi connectivity index (χ1) is 19.6. The molecule has 1 aromatic carbocycles. The molecule has 2 N–H and O–H groups in total. The van der Waals surface area contributed by atoms with Gasteiger partial charge in [0.1, 0.15) is 17.7 Å². The van der Waals surface area contributed by atoms with Gasteiger partial charge >= 0.3 is 5.97 Å². The summed E-state index contributed by atoms with van der Waals surface area (Å²) < 4.78 is 23.5. The number of nitrogens with zero attached hydrogens (tertiary/aromatic N) is 4. The summed E-state index contributed by atoms with van der Waals surface area (Å²) in [5.74, 6) is 1.53. The van der Waals surface area contributed by atoms with Gasteiger partial charge < -0.3 is 34.5 Å². The van der Waals surface area contributed by atoms with Crippen molar-refractivity contribution < 1.29 is 28.6 Å². The molecule has 2 bridgehead atoms. The highest BCUT2D eigenvalue weighted by Crippen LogP contribution is 2.48. The summed E-state index contributed by atoms with van der Waals surface area (Å²) >= 11 is 0. The summed E-state index contributed by atoms with van der Waals surface area (Å²) in [6, 6.07) is 5.62. The van der Waals surface area contributed by atoms with Gasteiger partial charge in [-0.1, -0.05) is 0 Å². The molecule has 5 heterocycles. The number of nitrogens with one attached hydrogen (secondary N) is 2. The second-order valence-electron chi connectivity index (χ2n) is 9.45. The van der Waals surface area contributed by atoms with Crippen molar-refractivity contribution in [3.05, 3.63) is 71.2 Å². The number of hydroxylamine groups is 1. The molecule has 0 saturated heterocycles. The number of ether oxygens (including phenoxy) is 4. The molecule has 0 radical (unpaired) electrons. The number of carbonyl (C=O) groups excluding carboxylic acids is 1. The Labute approximate surface area is 231 Å². The summed E-state index contributed by atoms with van der Waals surface area (Å²) in [4.78, 5) is 29.8. The predicted molar refractivity (Wildman–Crippen MR) is 146 cm³/mol. The summed E-state index contributed by atoms with van der Waals surface area (Å²) in [5.41, 5.74) is 4.11. The molecule has 0 aliphatic carbocycles. The van der Waals surface area contributed by atoms with E-state index in [1.165, 1.54) is 6.26 Å². The van der Waals surface area contributed by atoms with Crippen LogP contribution in [0.3, 0.4) is 0 Å². The van der Waals surface area contributed by atoms with Crippen LogP contribution in [0.4, 0.5) is 5.69 Å². The molecular formula is C28H30N6O6. The van der Waals surface area contributed by atoms with Crippen molar-refractivity contribution in [2.24, 2.45) is 4.99 Å². The quantitative estimate of drug-likeness (QED) is 0.553. The maximum atomic E-state index is 12.6. The molecule has 0 spiro atoms. The number of pyridine rings is 1. The number of cyclic esters (lactones) is 1. The van der Waals surface area contributed by atoms with Crippen LogP contribution in [0.25, 0.3) is 6.08 Å². The minimum atomic E-state index is -0.733. The van der Waals surface area contributed by atoms with Crippen LogP contribution < -0.4 is 29.9 Å². The molecule has 1 atom stereocenters. The molecular weight excluding hydrogens is 516 g/mol. The Morgan fingerprint density at radius 3 is 2.98 bits per heavy atom. The monoisotopic (exact) mass is 546 g/mol. The first kappa shape index (κ1) is 25.7. The first-order valence-electron chi connectivity index (χ1n) is 13.0. The van der Waals surface area contributed by atoms with E-state index in [2.05, 4.69) is 32.8 Å². The van der Waals surface area contributed by atoms with Crippen LogP contribution in [0.1, 0.15) is 23.2 Å². The number of aryl methyl sites for hydroxylation is 1. The van der Waals surface area contributed by atoms with E-state index < -0.39 is 12.1 Å². The Bertz CT molecular complexity index is 1400. The average Bonchev–Trinajstić information content (AvgIpc) is 3.44. The van der Waals surface area contributed by atoms with Crippen molar-refractivity contribution in [3.8, 4) is 17.2 Å². The lowest BCUT2D eigenvalue weighted by atomic mass is 9.99. The zero-order valence-corrected chi connectivity index (χ0v) is 22.3. The van der Waals surface area contributed by atoms with Crippen LogP contribution in [0.2, 0.25) is 0 Å². The summed E-state index contributed by atoms with van der Waals surface area (Å²) in [7, 11) is 1.57. The molecule has 2 aromatic rings. The normalized spacial score (nSPS) is 21.6. The molecule has 4 aliphatic heterocycles. The molecule has 0 amide bonds. The van der Waals surface area contributed by atoms with E-state index in [1.54, 1.807) is 37.0 Å². The molecule has 208 valence electrons. The Kier molecular flexibility index (Phi) is 7.25. The largest absolute Gasteiger partial charge is 0.453 e. The minimum absolute atomic E-state index is 0.100. The molecule has 1 aromatic heterocycles. The van der Waals surface area contributed by atoms with E-state index in [1.807, 2.05) is 19.1 Å². The Morgan fingerprint density at radius 1 is 1.20 bits per heavy atom. The van der Waals surface area contributed by atoms with E-state index >= 15 is 0 Å². The molecule has 40 heavy (non-hydrogen) atoms. The maximum absolute atomic E-state index is 12.6. The number of fused-ring (bicyclic) bond motifs is 4. The van der Waals surface area contributed by atoms with Gasteiger partial charge in [-0.25, -0.2) is 10.1 Å². The topological polar surface area (TPSA) is 119 Å². The van der Waals surface area contributed by atoms with Gasteiger partial charge in [0, 0.05) is 49.8 Å². The maximum Gasteiger partial charge on any atom is 0.312 e. The van der Waals surface area contributed by atoms with Crippen molar-refractivity contribution in [3.63, 3.8) is 0 Å². The van der Waals surface area contributed by atoms with Crippen LogP contribution >= 0.6 is 0 Å². The predicted octanol–water partition coefficient (Wildman–Crippen LogP) is 2.57. The molecule has 4 aliphatic rings. The number of esters is 1. The fourth-order valence-corrected chi connectivity index (χ4v) is 4.83. The minimum Gasteiger partial charge on any atom is -0.453 e. The summed E-state index contributed by atoms with van der Waals surface area (Å²) in [6.45, 7) is 4.52. The number of hydrogen-bond donors (Lipinski definition) is 2. The molecule has 1 unspecified atom stereocenters. The van der Waals surface area contributed by atoms with Crippen LogP contribution in [0.5, 0.6) is 17.2 Å². The van der Waals surface area contributed by atoms with Crippen LogP contribution in [-0.4, -0.2) is 61.9 Å². The second-order valence-corrected chi connectivity index (χ2v) is 9.45. The van der Waals surface area contributed by atoms with E-state index in [4.69, 9.17) is 28.8 Å². The van der Waals surface area contributed by atoms with E-state index in [9.17, 15) is 4.79 Å². The lowest BCUT2D eigenvalue weighted by Crippen LogP contribution is -2.40. The summed E-state index contributed by atoms with van der Waals surface area (Å²) in [5, 5.41) is 8.01. The van der Waals surface area contributed by atoms with Gasteiger partial charge in [0.05, 0.1) is 31.6 Å². The fourth-order valence-electron chi connectivity index (χ4n) is 4.83. The van der Waals surface area contributed by atoms with Crippen molar-refractivity contribution in [2.45, 2.75) is 26.1 Å². The van der Waals surface area contributed by atoms with Crippen molar-refractivity contribution in [1.82, 2.24) is 20.5 Å². The van der Waals surface area contributed by atoms with Gasteiger partial charge in [-0.15, -0.1) is 0 Å². The Hall–Kier alpha value is -4.55. The third-order valence-corrected chi connectivity index (χ3v) is 6.83. The highest BCUT2D eigenvalue weighted by molar-refractivity contribution is 5.78. The molecule has 6 rings (SSSR count). The van der Waals surface area contributed by atoms with Crippen LogP contribution in [0.15, 0.2) is 59.4 Å². The van der Waals surface area contributed by atoms with E-state index in [-0.39, 0.29) is 19.0 Å². The van der Waals surface area contributed by atoms with E-state index in [0.717, 1.165) is 23.4 Å². The lowest BCUT2D eigenvalue weighted by Gasteiger charge is -2.36. The third kappa shape index (κ3) is 5.18. The molecule has 12 heteroatoms. The highest BCUT2D eigenvalue weighted by atomic mass is 16.7. The number of rotatable bonds is 3. The van der Waals surface area contributed by atoms with Gasteiger partial charge in [-0.2, -0.15) is 0 Å². The van der Waals surface area contributed by atoms with Gasteiger partial charge in [-0.05, 0) is 36.8 Å². The SMILES string of the molecule is CON1c2c3c(cc4c2OCO4)C=CN(CCNCCC(=O)O/C=C(/Oc2ccc(C)nc2)C2=CNC=NC21)C3. The van der Waals surface area contributed by atoms with E-state index in [0.29, 0.717) is 48.1 Å². The van der Waals surface area contributed by atoms with Crippen molar-refractivity contribution in [1.29, 1.82) is 0 Å². The molecule has 12 nitrogen and oxygen atoms in total. The average molecular weight is 547 g/mol. The number of hydrogen-bond acceptors (Lipinski definition) is 12. The highest BCUT2D eigenvalue weighted by Gasteiger charge is 2.36. The number of aliphatic imine (C=N–C) groups is 1. The standard InChI is InChI=1S/C28H30N6O6/c1-18-3-4-20(12-31-18)40-24-15-37-25(35)5-7-29-8-10-33-9-6-19-11-23-27(39-17-38-23)26(22(19)14-33)34(36-2)28-21(24)13-30-16-32-28/h3-4,6,9,11-13,15-16,28-29H,5,7-8,10,14,17H2,1-2H3,(H,30,32)/b24-15+. The van der Waals surface area contributed by atoms with Gasteiger partial charge in [0.2, 0.25) is 6.79 Å². The van der Waals surface area contributed by atoms with Crippen molar-refractivity contribution >= 4 is 24.1 Å². The van der Waals surface area contributed by atoms with Crippen LogP contribution in [-0.2, 0) is 20.9 Å². The molecule has 0 saturated carbocycles. The third-order valence-electron chi connectivity index (χ3n) is 6.83. The Balaban J connectivity index is 1.46. The smallest absolute Gasteiger partial charge is 0.312 e. The first-order valence-corrected chi connectivity index (χ1v) is 13.0. The number of benzene rings is 1. The summed E-state index contributed by atoms with van der Waals surface area (Å²) in [6.07, 6.45) is 9.79. The zero-order chi connectivity index (χ0) is 27.5. The number of anilines is 1. The lowest BCUT2D eigenvalue weighted by molar-refractivity contribution is -0.138. The van der Waals surface area contributed by atoms with Gasteiger partial charge in [-0.3, -0.25) is 14.6 Å². The molecule has 0 fully saturated rings. The number of carbonyl (C=O) groups is 1. The van der Waals surface area contributed by atoms with Crippen molar-refractivity contribution in [2.75, 3.05) is 38.6 Å².